The quantitative estimate of drug-likeness (QED) is 0.550. The fourth-order valence-corrected chi connectivity index (χ4v) is 0.889. The van der Waals surface area contributed by atoms with Gasteiger partial charge in [-0.1, -0.05) is 0 Å². The SMILES string of the molecule is CC(=O)O.C[N+](C)(C)CC(O)CC(=O)[O-]. The van der Waals surface area contributed by atoms with Gasteiger partial charge in [-0.15, -0.1) is 0 Å². The van der Waals surface area contributed by atoms with Gasteiger partial charge in [0.2, 0.25) is 0 Å². The second-order valence-corrected chi connectivity index (χ2v) is 4.22. The van der Waals surface area contributed by atoms with Crippen LogP contribution in [0, 0.1) is 0 Å². The van der Waals surface area contributed by atoms with Crippen LogP contribution in [0.1, 0.15) is 13.3 Å². The molecule has 0 amide bonds. The van der Waals surface area contributed by atoms with E-state index in [2.05, 4.69) is 0 Å². The summed E-state index contributed by atoms with van der Waals surface area (Å²) in [5.74, 6) is -2.04. The predicted molar refractivity (Wildman–Crippen MR) is 51.8 cm³/mol. The largest absolute Gasteiger partial charge is 0.550 e. The van der Waals surface area contributed by atoms with Gasteiger partial charge >= 0.3 is 0 Å². The molecule has 1 atom stereocenters. The number of aliphatic hydroxyl groups excluding tert-OH is 1. The van der Waals surface area contributed by atoms with Crippen molar-refractivity contribution in [2.45, 2.75) is 19.4 Å². The smallest absolute Gasteiger partial charge is 0.300 e. The third kappa shape index (κ3) is 24.6. The third-order valence-electron chi connectivity index (χ3n) is 1.16. The van der Waals surface area contributed by atoms with Crippen LogP contribution in [0.2, 0.25) is 0 Å². The van der Waals surface area contributed by atoms with E-state index in [0.717, 1.165) is 6.92 Å². The molecule has 1 unspecified atom stereocenters. The lowest BCUT2D eigenvalue weighted by atomic mass is 10.2. The van der Waals surface area contributed by atoms with Crippen LogP contribution in [-0.2, 0) is 9.59 Å². The zero-order valence-corrected chi connectivity index (χ0v) is 9.56. The number of aliphatic carboxylic acids is 2. The molecule has 0 spiro atoms. The van der Waals surface area contributed by atoms with E-state index in [0.29, 0.717) is 11.0 Å². The van der Waals surface area contributed by atoms with E-state index in [1.165, 1.54) is 0 Å². The molecule has 0 bridgehead atoms. The molecular formula is C9H19NO5. The summed E-state index contributed by atoms with van der Waals surface area (Å²) in [7, 11) is 5.66. The molecule has 6 heteroatoms. The Labute approximate surface area is 89.3 Å². The standard InChI is InChI=1S/C7H15NO3.C2H4O2/c1-8(2,3)5-6(9)4-7(10)11;1-2(3)4/h6,9H,4-5H2,1-3H3;1H3,(H,3,4). The Morgan fingerprint density at radius 2 is 1.67 bits per heavy atom. The van der Waals surface area contributed by atoms with Crippen molar-refractivity contribution in [1.29, 1.82) is 0 Å². The number of carbonyl (C=O) groups excluding carboxylic acids is 1. The van der Waals surface area contributed by atoms with E-state index >= 15 is 0 Å². The van der Waals surface area contributed by atoms with E-state index in [-0.39, 0.29) is 6.42 Å². The lowest BCUT2D eigenvalue weighted by Gasteiger charge is -2.26. The van der Waals surface area contributed by atoms with Crippen LogP contribution >= 0.6 is 0 Å². The zero-order valence-electron chi connectivity index (χ0n) is 9.56. The molecule has 0 aromatic rings. The zero-order chi connectivity index (χ0) is 12.6. The molecule has 0 aliphatic rings. The average Bonchev–Trinajstić information content (AvgIpc) is 1.76. The Balaban J connectivity index is 0. The monoisotopic (exact) mass is 221 g/mol. The molecule has 2 N–H and O–H groups in total. The fraction of sp³-hybridized carbons (Fsp3) is 0.778. The van der Waals surface area contributed by atoms with Crippen LogP contribution in [0.3, 0.4) is 0 Å². The summed E-state index contributed by atoms with van der Waals surface area (Å²) in [6, 6.07) is 0. The van der Waals surface area contributed by atoms with Gasteiger partial charge in [0.15, 0.2) is 0 Å². The van der Waals surface area contributed by atoms with Gasteiger partial charge in [0.25, 0.3) is 5.97 Å². The van der Waals surface area contributed by atoms with Gasteiger partial charge in [-0.3, -0.25) is 4.79 Å². The van der Waals surface area contributed by atoms with Gasteiger partial charge in [-0.25, -0.2) is 0 Å². The van der Waals surface area contributed by atoms with Gasteiger partial charge in [-0.2, -0.15) is 0 Å². The molecule has 0 radical (unpaired) electrons. The number of aliphatic hydroxyl groups is 1. The maximum absolute atomic E-state index is 10.0. The minimum absolute atomic E-state index is 0.282. The Kier molecular flexibility index (Phi) is 7.81. The Bertz CT molecular complexity index is 205. The molecule has 6 nitrogen and oxygen atoms in total. The first-order valence-corrected chi connectivity index (χ1v) is 4.42. The normalized spacial score (nSPS) is 12.3. The molecule has 15 heavy (non-hydrogen) atoms. The highest BCUT2D eigenvalue weighted by molar-refractivity contribution is 5.64. The lowest BCUT2D eigenvalue weighted by molar-refractivity contribution is -0.873. The van der Waals surface area contributed by atoms with Crippen molar-refractivity contribution in [3.63, 3.8) is 0 Å². The molecule has 90 valence electrons. The van der Waals surface area contributed by atoms with Crippen LogP contribution in [0.15, 0.2) is 0 Å². The third-order valence-corrected chi connectivity index (χ3v) is 1.16. The predicted octanol–water partition coefficient (Wildman–Crippen LogP) is -1.72. The van der Waals surface area contributed by atoms with Crippen molar-refractivity contribution in [2.24, 2.45) is 0 Å². The van der Waals surface area contributed by atoms with Crippen molar-refractivity contribution < 1.29 is 29.4 Å². The molecule has 0 heterocycles. The second-order valence-electron chi connectivity index (χ2n) is 4.22. The van der Waals surface area contributed by atoms with Gasteiger partial charge in [0.1, 0.15) is 12.6 Å². The number of nitrogens with zero attached hydrogens (tertiary/aromatic N) is 1. The molecule has 0 aromatic heterocycles. The first-order chi connectivity index (χ1) is 6.54. The molecule has 0 aliphatic carbocycles. The van der Waals surface area contributed by atoms with Crippen LogP contribution in [0.4, 0.5) is 0 Å². The average molecular weight is 221 g/mol. The summed E-state index contributed by atoms with van der Waals surface area (Å²) in [6.45, 7) is 1.51. The van der Waals surface area contributed by atoms with E-state index in [4.69, 9.17) is 15.0 Å². The molecule has 0 saturated heterocycles. The topological polar surface area (TPSA) is 97.7 Å². The van der Waals surface area contributed by atoms with Gasteiger partial charge in [0.05, 0.1) is 21.1 Å². The Hall–Kier alpha value is -1.14. The van der Waals surface area contributed by atoms with E-state index in [1.807, 2.05) is 21.1 Å². The number of likely N-dealkylation sites (N-methyl/N-ethyl adjacent to an activating group) is 1. The van der Waals surface area contributed by atoms with Crippen molar-refractivity contribution in [1.82, 2.24) is 0 Å². The van der Waals surface area contributed by atoms with Crippen molar-refractivity contribution in [3.05, 3.63) is 0 Å². The molecular weight excluding hydrogens is 202 g/mol. The van der Waals surface area contributed by atoms with Crippen molar-refractivity contribution in [3.8, 4) is 0 Å². The summed E-state index contributed by atoms with van der Waals surface area (Å²) in [6.07, 6.45) is -1.09. The lowest BCUT2D eigenvalue weighted by Crippen LogP contribution is -2.43. The van der Waals surface area contributed by atoms with Crippen molar-refractivity contribution >= 4 is 11.9 Å². The molecule has 0 aromatic carbocycles. The fourth-order valence-electron chi connectivity index (χ4n) is 0.889. The molecule has 0 fully saturated rings. The molecule has 0 saturated carbocycles. The summed E-state index contributed by atoms with van der Waals surface area (Å²) in [4.78, 5) is 19.0. The first-order valence-electron chi connectivity index (χ1n) is 4.42. The number of hydrogen-bond acceptors (Lipinski definition) is 4. The maximum Gasteiger partial charge on any atom is 0.300 e. The molecule has 0 aliphatic heterocycles. The van der Waals surface area contributed by atoms with Crippen LogP contribution in [0.25, 0.3) is 0 Å². The number of carboxylic acids is 2. The highest BCUT2D eigenvalue weighted by Gasteiger charge is 2.14. The maximum atomic E-state index is 10.0. The number of hydrogen-bond donors (Lipinski definition) is 2. The van der Waals surface area contributed by atoms with E-state index in [1.54, 1.807) is 0 Å². The minimum atomic E-state index is -1.20. The second kappa shape index (κ2) is 7.19. The summed E-state index contributed by atoms with van der Waals surface area (Å²) in [5, 5.41) is 26.6. The number of carbonyl (C=O) groups is 2. The summed E-state index contributed by atoms with van der Waals surface area (Å²) < 4.78 is 0.550. The number of quaternary nitrogens is 1. The highest BCUT2D eigenvalue weighted by Crippen LogP contribution is 1.97. The highest BCUT2D eigenvalue weighted by atomic mass is 16.4. The Morgan fingerprint density at radius 3 is 1.87 bits per heavy atom. The van der Waals surface area contributed by atoms with E-state index in [9.17, 15) is 9.90 Å². The summed E-state index contributed by atoms with van der Waals surface area (Å²) >= 11 is 0. The van der Waals surface area contributed by atoms with Crippen LogP contribution in [0.5, 0.6) is 0 Å². The minimum Gasteiger partial charge on any atom is -0.550 e. The Morgan fingerprint density at radius 1 is 1.33 bits per heavy atom. The van der Waals surface area contributed by atoms with Gasteiger partial charge in [-0.05, 0) is 0 Å². The molecule has 0 rings (SSSR count). The van der Waals surface area contributed by atoms with Crippen LogP contribution in [-0.4, -0.2) is 60.4 Å². The van der Waals surface area contributed by atoms with Gasteiger partial charge < -0.3 is 24.6 Å². The van der Waals surface area contributed by atoms with E-state index < -0.39 is 18.0 Å². The van der Waals surface area contributed by atoms with Crippen molar-refractivity contribution in [2.75, 3.05) is 27.7 Å². The number of rotatable bonds is 4. The van der Waals surface area contributed by atoms with Crippen LogP contribution < -0.4 is 5.11 Å². The number of carboxylic acid groups (broad SMARTS) is 2. The van der Waals surface area contributed by atoms with Gasteiger partial charge in [0, 0.05) is 19.3 Å². The summed E-state index contributed by atoms with van der Waals surface area (Å²) in [5.41, 5.74) is 0. The first kappa shape index (κ1) is 16.3.